The van der Waals surface area contributed by atoms with Crippen LogP contribution in [0.5, 0.6) is 0 Å². The highest BCUT2D eigenvalue weighted by molar-refractivity contribution is 6.03. The fourth-order valence-electron chi connectivity index (χ4n) is 2.00. The van der Waals surface area contributed by atoms with Crippen LogP contribution in [-0.4, -0.2) is 22.6 Å². The van der Waals surface area contributed by atoms with E-state index in [-0.39, 0.29) is 5.91 Å². The van der Waals surface area contributed by atoms with Crippen molar-refractivity contribution in [2.45, 2.75) is 6.42 Å². The van der Waals surface area contributed by atoms with Crippen LogP contribution in [0.15, 0.2) is 53.3 Å². The van der Waals surface area contributed by atoms with Gasteiger partial charge in [-0.2, -0.15) is 0 Å². The minimum atomic E-state index is -0.219. The Morgan fingerprint density at radius 2 is 1.95 bits per heavy atom. The number of hydrogen-bond acceptors (Lipinski definition) is 4. The smallest absolute Gasteiger partial charge is 0.274 e. The van der Waals surface area contributed by atoms with Gasteiger partial charge in [-0.3, -0.25) is 9.78 Å². The molecule has 0 atom stereocenters. The van der Waals surface area contributed by atoms with Crippen molar-refractivity contribution < 1.29 is 9.32 Å². The lowest BCUT2D eigenvalue weighted by atomic mass is 10.2. The van der Waals surface area contributed by atoms with Crippen LogP contribution in [0.4, 0.5) is 0 Å². The molecule has 1 amide bonds. The zero-order chi connectivity index (χ0) is 13.8. The van der Waals surface area contributed by atoms with Gasteiger partial charge in [0.25, 0.3) is 5.91 Å². The van der Waals surface area contributed by atoms with Crippen LogP contribution in [-0.2, 0) is 6.42 Å². The monoisotopic (exact) mass is 267 g/mol. The molecule has 0 aliphatic heterocycles. The fraction of sp³-hybridized carbons (Fsp3) is 0.133. The second-order valence-electron chi connectivity index (χ2n) is 4.39. The molecule has 0 saturated heterocycles. The molecule has 3 rings (SSSR count). The Labute approximate surface area is 115 Å². The standard InChI is InChI=1S/C15H13N3O2/c19-15(17-10-7-11-5-8-16-9-6-11)14-12-3-1-2-4-13(12)20-18-14/h1-6,8-9H,7,10H2,(H,17,19). The van der Waals surface area contributed by atoms with Gasteiger partial charge < -0.3 is 9.84 Å². The van der Waals surface area contributed by atoms with Crippen LogP contribution in [0.2, 0.25) is 0 Å². The molecule has 3 aromatic rings. The zero-order valence-corrected chi connectivity index (χ0v) is 10.7. The number of amides is 1. The van der Waals surface area contributed by atoms with Crippen LogP contribution < -0.4 is 5.32 Å². The van der Waals surface area contributed by atoms with E-state index >= 15 is 0 Å². The molecule has 20 heavy (non-hydrogen) atoms. The molecular weight excluding hydrogens is 254 g/mol. The summed E-state index contributed by atoms with van der Waals surface area (Å²) in [5, 5.41) is 7.40. The molecule has 0 fully saturated rings. The molecule has 100 valence electrons. The lowest BCUT2D eigenvalue weighted by Crippen LogP contribution is -2.26. The van der Waals surface area contributed by atoms with E-state index in [1.807, 2.05) is 30.3 Å². The average Bonchev–Trinajstić information content (AvgIpc) is 2.92. The molecule has 0 bridgehead atoms. The van der Waals surface area contributed by atoms with Gasteiger partial charge in [0.2, 0.25) is 0 Å². The molecule has 5 nitrogen and oxygen atoms in total. The van der Waals surface area contributed by atoms with Crippen molar-refractivity contribution in [2.75, 3.05) is 6.54 Å². The van der Waals surface area contributed by atoms with Gasteiger partial charge in [0, 0.05) is 18.9 Å². The Hall–Kier alpha value is -2.69. The predicted octanol–water partition coefficient (Wildman–Crippen LogP) is 2.20. The molecule has 0 aliphatic rings. The summed E-state index contributed by atoms with van der Waals surface area (Å²) in [5.74, 6) is -0.219. The minimum Gasteiger partial charge on any atom is -0.355 e. The van der Waals surface area contributed by atoms with E-state index in [0.29, 0.717) is 17.8 Å². The lowest BCUT2D eigenvalue weighted by Gasteiger charge is -2.03. The van der Waals surface area contributed by atoms with Crippen LogP contribution in [0.25, 0.3) is 11.0 Å². The van der Waals surface area contributed by atoms with Gasteiger partial charge in [0.15, 0.2) is 11.3 Å². The van der Waals surface area contributed by atoms with Crippen molar-refractivity contribution in [2.24, 2.45) is 0 Å². The highest BCUT2D eigenvalue weighted by atomic mass is 16.5. The molecule has 1 N–H and O–H groups in total. The SMILES string of the molecule is O=C(NCCc1ccncc1)c1noc2ccccc12. The normalized spacial score (nSPS) is 10.6. The van der Waals surface area contributed by atoms with Crippen molar-refractivity contribution in [3.8, 4) is 0 Å². The number of nitrogens with zero attached hydrogens (tertiary/aromatic N) is 2. The van der Waals surface area contributed by atoms with E-state index in [0.717, 1.165) is 17.4 Å². The van der Waals surface area contributed by atoms with Crippen LogP contribution in [0, 0.1) is 0 Å². The quantitative estimate of drug-likeness (QED) is 0.786. The van der Waals surface area contributed by atoms with Crippen molar-refractivity contribution in [3.63, 3.8) is 0 Å². The highest BCUT2D eigenvalue weighted by Crippen LogP contribution is 2.17. The Morgan fingerprint density at radius 1 is 1.15 bits per heavy atom. The third-order valence-electron chi connectivity index (χ3n) is 3.04. The van der Waals surface area contributed by atoms with E-state index in [9.17, 15) is 4.79 Å². The Balaban J connectivity index is 1.65. The van der Waals surface area contributed by atoms with Gasteiger partial charge in [0.05, 0.1) is 5.39 Å². The zero-order valence-electron chi connectivity index (χ0n) is 10.7. The number of rotatable bonds is 4. The second-order valence-corrected chi connectivity index (χ2v) is 4.39. The van der Waals surface area contributed by atoms with Gasteiger partial charge >= 0.3 is 0 Å². The number of aromatic nitrogens is 2. The predicted molar refractivity (Wildman–Crippen MR) is 74.3 cm³/mol. The van der Waals surface area contributed by atoms with Crippen LogP contribution in [0.3, 0.4) is 0 Å². The van der Waals surface area contributed by atoms with Gasteiger partial charge in [-0.25, -0.2) is 0 Å². The van der Waals surface area contributed by atoms with E-state index in [4.69, 9.17) is 4.52 Å². The fourth-order valence-corrected chi connectivity index (χ4v) is 2.00. The van der Waals surface area contributed by atoms with Crippen molar-refractivity contribution in [3.05, 3.63) is 60.0 Å². The summed E-state index contributed by atoms with van der Waals surface area (Å²) in [5.41, 5.74) is 2.08. The molecule has 2 heterocycles. The number of carbonyl (C=O) groups excluding carboxylic acids is 1. The highest BCUT2D eigenvalue weighted by Gasteiger charge is 2.14. The molecule has 0 spiro atoms. The Bertz CT molecular complexity index is 722. The van der Waals surface area contributed by atoms with E-state index in [1.54, 1.807) is 18.5 Å². The van der Waals surface area contributed by atoms with Gasteiger partial charge in [0.1, 0.15) is 0 Å². The Morgan fingerprint density at radius 3 is 2.80 bits per heavy atom. The minimum absolute atomic E-state index is 0.219. The maximum absolute atomic E-state index is 12.1. The van der Waals surface area contributed by atoms with E-state index in [1.165, 1.54) is 0 Å². The van der Waals surface area contributed by atoms with Gasteiger partial charge in [-0.05, 0) is 36.2 Å². The van der Waals surface area contributed by atoms with Gasteiger partial charge in [-0.15, -0.1) is 0 Å². The number of carbonyl (C=O) groups is 1. The molecule has 0 radical (unpaired) electrons. The number of pyridine rings is 1. The third kappa shape index (κ3) is 2.51. The van der Waals surface area contributed by atoms with E-state index < -0.39 is 0 Å². The molecule has 0 aliphatic carbocycles. The molecule has 5 heteroatoms. The van der Waals surface area contributed by atoms with Crippen molar-refractivity contribution in [1.29, 1.82) is 0 Å². The molecule has 0 saturated carbocycles. The summed E-state index contributed by atoms with van der Waals surface area (Å²) < 4.78 is 5.12. The topological polar surface area (TPSA) is 68.0 Å². The number of para-hydroxylation sites is 1. The summed E-state index contributed by atoms with van der Waals surface area (Å²) in [7, 11) is 0. The Kier molecular flexibility index (Phi) is 3.41. The molecule has 2 aromatic heterocycles. The third-order valence-corrected chi connectivity index (χ3v) is 3.04. The first-order chi connectivity index (χ1) is 9.84. The maximum atomic E-state index is 12.1. The molecular formula is C15H13N3O2. The first kappa shape index (κ1) is 12.3. The summed E-state index contributed by atoms with van der Waals surface area (Å²) in [4.78, 5) is 16.0. The number of benzene rings is 1. The maximum Gasteiger partial charge on any atom is 0.274 e. The molecule has 0 unspecified atom stereocenters. The summed E-state index contributed by atoms with van der Waals surface area (Å²) in [6.07, 6.45) is 4.23. The van der Waals surface area contributed by atoms with Gasteiger partial charge in [-0.1, -0.05) is 17.3 Å². The summed E-state index contributed by atoms with van der Waals surface area (Å²) in [6.45, 7) is 0.546. The second kappa shape index (κ2) is 5.52. The van der Waals surface area contributed by atoms with Crippen LogP contribution >= 0.6 is 0 Å². The van der Waals surface area contributed by atoms with Crippen molar-refractivity contribution in [1.82, 2.24) is 15.5 Å². The summed E-state index contributed by atoms with van der Waals surface area (Å²) >= 11 is 0. The largest absolute Gasteiger partial charge is 0.355 e. The first-order valence-corrected chi connectivity index (χ1v) is 6.36. The number of nitrogens with one attached hydrogen (secondary N) is 1. The number of hydrogen-bond donors (Lipinski definition) is 1. The van der Waals surface area contributed by atoms with Crippen LogP contribution in [0.1, 0.15) is 16.1 Å². The number of fused-ring (bicyclic) bond motifs is 1. The lowest BCUT2D eigenvalue weighted by molar-refractivity contribution is 0.0947. The van der Waals surface area contributed by atoms with Crippen molar-refractivity contribution >= 4 is 16.9 Å². The average molecular weight is 267 g/mol. The van der Waals surface area contributed by atoms with E-state index in [2.05, 4.69) is 15.5 Å². The summed E-state index contributed by atoms with van der Waals surface area (Å²) in [6, 6.07) is 11.2. The molecule has 1 aromatic carbocycles. The first-order valence-electron chi connectivity index (χ1n) is 6.36.